The topological polar surface area (TPSA) is 50.5 Å². The van der Waals surface area contributed by atoms with Crippen molar-refractivity contribution >= 4 is 9.84 Å². The Morgan fingerprint density at radius 3 is 2.70 bits per heavy atom. The van der Waals surface area contributed by atoms with Gasteiger partial charge in [-0.2, -0.15) is 0 Å². The van der Waals surface area contributed by atoms with Gasteiger partial charge in [-0.25, -0.2) is 8.42 Å². The van der Waals surface area contributed by atoms with Gasteiger partial charge >= 0.3 is 0 Å². The maximum Gasteiger partial charge on any atom is 0.157 e. The number of hydrogen-bond donors (Lipinski definition) is 0. The van der Waals surface area contributed by atoms with Crippen LogP contribution in [0.4, 0.5) is 0 Å². The van der Waals surface area contributed by atoms with E-state index in [-0.39, 0.29) is 5.75 Å². The van der Waals surface area contributed by atoms with Crippen molar-refractivity contribution in [2.75, 3.05) is 18.8 Å². The van der Waals surface area contributed by atoms with Crippen LogP contribution in [0, 0.1) is 5.92 Å². The first-order valence-corrected chi connectivity index (χ1v) is 8.97. The van der Waals surface area contributed by atoms with E-state index in [1.807, 2.05) is 19.9 Å². The lowest BCUT2D eigenvalue weighted by Gasteiger charge is -2.37. The van der Waals surface area contributed by atoms with Gasteiger partial charge in [0.05, 0.1) is 17.0 Å². The summed E-state index contributed by atoms with van der Waals surface area (Å²) in [5.74, 6) is 3.63. The van der Waals surface area contributed by atoms with Crippen LogP contribution < -0.4 is 0 Å². The summed E-state index contributed by atoms with van der Waals surface area (Å²) in [5.41, 5.74) is 0. The Hall–Kier alpha value is -0.810. The summed E-state index contributed by atoms with van der Waals surface area (Å²) < 4.78 is 29.2. The molecule has 5 heteroatoms. The normalized spacial score (nSPS) is 32.1. The van der Waals surface area contributed by atoms with E-state index >= 15 is 0 Å². The number of hydrogen-bond acceptors (Lipinski definition) is 4. The van der Waals surface area contributed by atoms with E-state index < -0.39 is 14.6 Å². The highest BCUT2D eigenvalue weighted by molar-refractivity contribution is 7.92. The molecule has 0 N–H and O–H groups in total. The van der Waals surface area contributed by atoms with Crippen LogP contribution in [0.2, 0.25) is 0 Å². The molecule has 1 saturated carbocycles. The zero-order chi connectivity index (χ0) is 14.5. The number of furan rings is 1. The summed E-state index contributed by atoms with van der Waals surface area (Å²) in [6, 6.07) is 4.12. The number of rotatable bonds is 3. The van der Waals surface area contributed by atoms with Crippen LogP contribution in [-0.2, 0) is 16.4 Å². The van der Waals surface area contributed by atoms with Gasteiger partial charge in [-0.05, 0) is 38.3 Å². The first-order chi connectivity index (χ1) is 9.28. The SMILES string of the molecule is C[C@@H]1C[C@H]1c1ccc(CN2CCS(=O)(=O)C(C)(C)C2)o1. The summed E-state index contributed by atoms with van der Waals surface area (Å²) in [4.78, 5) is 2.18. The Balaban J connectivity index is 1.65. The highest BCUT2D eigenvalue weighted by Crippen LogP contribution is 2.47. The van der Waals surface area contributed by atoms with Crippen LogP contribution in [-0.4, -0.2) is 36.9 Å². The lowest BCUT2D eigenvalue weighted by Crippen LogP contribution is -2.52. The highest BCUT2D eigenvalue weighted by atomic mass is 32.2. The molecular weight excluding hydrogens is 274 g/mol. The monoisotopic (exact) mass is 297 g/mol. The molecule has 2 heterocycles. The van der Waals surface area contributed by atoms with Crippen molar-refractivity contribution in [1.82, 2.24) is 4.90 Å². The number of nitrogens with zero attached hydrogens (tertiary/aromatic N) is 1. The third-order valence-corrected chi connectivity index (χ3v) is 7.19. The smallest absolute Gasteiger partial charge is 0.157 e. The maximum atomic E-state index is 12.0. The molecule has 0 unspecified atom stereocenters. The Morgan fingerprint density at radius 1 is 1.40 bits per heavy atom. The molecule has 3 rings (SSSR count). The Labute approximate surface area is 121 Å². The average Bonchev–Trinajstić information content (AvgIpc) is 2.88. The van der Waals surface area contributed by atoms with Crippen molar-refractivity contribution in [3.8, 4) is 0 Å². The molecule has 1 aromatic rings. The van der Waals surface area contributed by atoms with Crippen LogP contribution in [0.5, 0.6) is 0 Å². The lowest BCUT2D eigenvalue weighted by atomic mass is 10.2. The summed E-state index contributed by atoms with van der Waals surface area (Å²) in [6.07, 6.45) is 1.22. The molecule has 0 aromatic carbocycles. The summed E-state index contributed by atoms with van der Waals surface area (Å²) in [5, 5.41) is 0. The molecule has 4 nitrogen and oxygen atoms in total. The van der Waals surface area contributed by atoms with E-state index in [0.717, 1.165) is 17.4 Å². The second kappa shape index (κ2) is 4.60. The van der Waals surface area contributed by atoms with Crippen LogP contribution in [0.1, 0.15) is 44.6 Å². The Morgan fingerprint density at radius 2 is 2.10 bits per heavy atom. The molecule has 0 radical (unpaired) electrons. The van der Waals surface area contributed by atoms with Crippen molar-refractivity contribution in [2.24, 2.45) is 5.92 Å². The fourth-order valence-electron chi connectivity index (χ4n) is 2.99. The van der Waals surface area contributed by atoms with Crippen LogP contribution in [0.3, 0.4) is 0 Å². The second-order valence-corrected chi connectivity index (χ2v) is 9.66. The summed E-state index contributed by atoms with van der Waals surface area (Å²) in [6.45, 7) is 7.75. The van der Waals surface area contributed by atoms with Gasteiger partial charge in [-0.1, -0.05) is 6.92 Å². The minimum Gasteiger partial charge on any atom is -0.464 e. The lowest BCUT2D eigenvalue weighted by molar-refractivity contribution is 0.222. The summed E-state index contributed by atoms with van der Waals surface area (Å²) in [7, 11) is -2.96. The van der Waals surface area contributed by atoms with E-state index in [2.05, 4.69) is 17.9 Å². The van der Waals surface area contributed by atoms with Crippen LogP contribution >= 0.6 is 0 Å². The summed E-state index contributed by atoms with van der Waals surface area (Å²) >= 11 is 0. The molecule has 1 aliphatic heterocycles. The molecular formula is C15H23NO3S. The molecule has 2 aliphatic rings. The minimum atomic E-state index is -2.96. The number of sulfone groups is 1. The van der Waals surface area contributed by atoms with Gasteiger partial charge in [-0.3, -0.25) is 4.90 Å². The minimum absolute atomic E-state index is 0.243. The van der Waals surface area contributed by atoms with E-state index in [4.69, 9.17) is 4.42 Å². The van der Waals surface area contributed by atoms with Crippen molar-refractivity contribution in [1.29, 1.82) is 0 Å². The van der Waals surface area contributed by atoms with Crippen molar-refractivity contribution in [3.63, 3.8) is 0 Å². The zero-order valence-electron chi connectivity index (χ0n) is 12.4. The molecule has 112 valence electrons. The van der Waals surface area contributed by atoms with Crippen LogP contribution in [0.25, 0.3) is 0 Å². The van der Waals surface area contributed by atoms with Crippen molar-refractivity contribution in [3.05, 3.63) is 23.7 Å². The van der Waals surface area contributed by atoms with Crippen molar-refractivity contribution < 1.29 is 12.8 Å². The van der Waals surface area contributed by atoms with E-state index in [9.17, 15) is 8.42 Å². The molecule has 0 bridgehead atoms. The Kier molecular flexibility index (Phi) is 3.25. The van der Waals surface area contributed by atoms with Gasteiger partial charge in [0.25, 0.3) is 0 Å². The second-order valence-electron chi connectivity index (χ2n) is 6.91. The largest absolute Gasteiger partial charge is 0.464 e. The molecule has 2 fully saturated rings. The third kappa shape index (κ3) is 2.53. The maximum absolute atomic E-state index is 12.0. The molecule has 0 amide bonds. The first-order valence-electron chi connectivity index (χ1n) is 7.32. The molecule has 20 heavy (non-hydrogen) atoms. The Bertz CT molecular complexity index is 602. The molecule has 0 spiro atoms. The van der Waals surface area contributed by atoms with Gasteiger partial charge in [-0.15, -0.1) is 0 Å². The predicted octanol–water partition coefficient (Wildman–Crippen LogP) is 2.41. The van der Waals surface area contributed by atoms with Gasteiger partial charge in [0.2, 0.25) is 0 Å². The quantitative estimate of drug-likeness (QED) is 0.859. The van der Waals surface area contributed by atoms with E-state index in [0.29, 0.717) is 25.6 Å². The zero-order valence-corrected chi connectivity index (χ0v) is 13.2. The van der Waals surface area contributed by atoms with Gasteiger partial charge in [0, 0.05) is 19.0 Å². The van der Waals surface area contributed by atoms with E-state index in [1.54, 1.807) is 0 Å². The average molecular weight is 297 g/mol. The first kappa shape index (κ1) is 14.1. The molecule has 1 aromatic heterocycles. The van der Waals surface area contributed by atoms with E-state index in [1.165, 1.54) is 6.42 Å². The fraction of sp³-hybridized carbons (Fsp3) is 0.733. The predicted molar refractivity (Wildman–Crippen MR) is 78.4 cm³/mol. The van der Waals surface area contributed by atoms with Gasteiger partial charge in [0.1, 0.15) is 11.5 Å². The molecule has 1 saturated heterocycles. The molecule has 1 aliphatic carbocycles. The standard InChI is InChI=1S/C15H23NO3S/c1-11-8-13(11)14-5-4-12(19-14)9-16-6-7-20(17,18)15(2,3)10-16/h4-5,11,13H,6-10H2,1-3H3/t11-,13-/m1/s1. The van der Waals surface area contributed by atoms with Gasteiger partial charge < -0.3 is 4.42 Å². The van der Waals surface area contributed by atoms with Crippen LogP contribution in [0.15, 0.2) is 16.5 Å². The van der Waals surface area contributed by atoms with Crippen molar-refractivity contribution in [2.45, 2.75) is 44.4 Å². The highest BCUT2D eigenvalue weighted by Gasteiger charge is 2.40. The fourth-order valence-corrected chi connectivity index (χ4v) is 4.42. The van der Waals surface area contributed by atoms with Gasteiger partial charge in [0.15, 0.2) is 9.84 Å². The molecule has 2 atom stereocenters. The third-order valence-electron chi connectivity index (χ3n) is 4.66.